The number of fused-ring (bicyclic) bond motifs is 1. The second-order valence-electron chi connectivity index (χ2n) is 10.4. The van der Waals surface area contributed by atoms with Crippen LogP contribution in [0.25, 0.3) is 11.1 Å². The summed E-state index contributed by atoms with van der Waals surface area (Å²) in [5.41, 5.74) is 1.54. The summed E-state index contributed by atoms with van der Waals surface area (Å²) in [6.07, 6.45) is 3.43. The van der Waals surface area contributed by atoms with Crippen molar-refractivity contribution in [3.05, 3.63) is 59.3 Å². The number of amides is 2. The van der Waals surface area contributed by atoms with Crippen LogP contribution in [0.5, 0.6) is 0 Å². The summed E-state index contributed by atoms with van der Waals surface area (Å²) < 4.78 is 33.4. The molecule has 1 fully saturated rings. The van der Waals surface area contributed by atoms with Gasteiger partial charge in [-0.25, -0.2) is 8.42 Å². The van der Waals surface area contributed by atoms with Crippen LogP contribution in [0.3, 0.4) is 0 Å². The number of pyridine rings is 2. The van der Waals surface area contributed by atoms with E-state index in [1.54, 1.807) is 32.2 Å². The fourth-order valence-electron chi connectivity index (χ4n) is 4.80. The summed E-state index contributed by atoms with van der Waals surface area (Å²) in [6.45, 7) is 6.65. The Morgan fingerprint density at radius 3 is 2.65 bits per heavy atom. The first-order valence-corrected chi connectivity index (χ1v) is 14.5. The zero-order valence-corrected chi connectivity index (χ0v) is 23.6. The van der Waals surface area contributed by atoms with Crippen LogP contribution in [0.4, 0.5) is 0 Å². The number of hydrogen-bond donors (Lipinski definition) is 2. The van der Waals surface area contributed by atoms with E-state index in [9.17, 15) is 28.0 Å². The summed E-state index contributed by atoms with van der Waals surface area (Å²) in [7, 11) is -4.27. The number of sulfonamides is 1. The SMILES string of the molecule is Cc1c(C(=O)NC(CC(C)C)C(=O)NC2CCC(C)N(S(=O)(=O)c3cccc[n+]3[O-])CC2=O)oc2cccnc12. The molecule has 0 radical (unpaired) electrons. The van der Waals surface area contributed by atoms with E-state index in [4.69, 9.17) is 4.42 Å². The summed E-state index contributed by atoms with van der Waals surface area (Å²) in [4.78, 5) is 43.9. The molecule has 40 heavy (non-hydrogen) atoms. The lowest BCUT2D eigenvalue weighted by Gasteiger charge is -2.24. The topological polar surface area (TPSA) is 166 Å². The molecule has 0 aliphatic carbocycles. The number of Topliss-reactive ketones (excluding diaryl/α,β-unsaturated/α-hetero) is 1. The van der Waals surface area contributed by atoms with Gasteiger partial charge in [0.15, 0.2) is 23.3 Å². The molecule has 2 amide bonds. The Morgan fingerprint density at radius 1 is 1.23 bits per heavy atom. The fourth-order valence-corrected chi connectivity index (χ4v) is 6.46. The molecule has 0 saturated carbocycles. The third kappa shape index (κ3) is 5.99. The highest BCUT2D eigenvalue weighted by molar-refractivity contribution is 7.89. The van der Waals surface area contributed by atoms with Crippen LogP contribution in [0.1, 0.15) is 56.2 Å². The van der Waals surface area contributed by atoms with E-state index < -0.39 is 57.3 Å². The van der Waals surface area contributed by atoms with E-state index >= 15 is 0 Å². The van der Waals surface area contributed by atoms with Crippen molar-refractivity contribution in [3.63, 3.8) is 0 Å². The average Bonchev–Trinajstić information content (AvgIpc) is 3.17. The first-order valence-electron chi connectivity index (χ1n) is 13.1. The highest BCUT2D eigenvalue weighted by Gasteiger charge is 2.40. The molecule has 1 aliphatic heterocycles. The molecule has 0 bridgehead atoms. The van der Waals surface area contributed by atoms with Gasteiger partial charge in [0.05, 0.1) is 12.6 Å². The molecule has 4 heterocycles. The number of carbonyl (C=O) groups is 3. The summed E-state index contributed by atoms with van der Waals surface area (Å²) in [5.74, 6) is -1.57. The molecular weight excluding hydrogens is 538 g/mol. The molecule has 3 aromatic rings. The van der Waals surface area contributed by atoms with Crippen molar-refractivity contribution in [1.82, 2.24) is 19.9 Å². The lowest BCUT2D eigenvalue weighted by atomic mass is 10.0. The first kappa shape index (κ1) is 29.2. The second-order valence-corrected chi connectivity index (χ2v) is 12.3. The van der Waals surface area contributed by atoms with Gasteiger partial charge in [-0.1, -0.05) is 13.8 Å². The van der Waals surface area contributed by atoms with E-state index in [0.717, 1.165) is 10.5 Å². The average molecular weight is 572 g/mol. The third-order valence-electron chi connectivity index (χ3n) is 6.96. The summed E-state index contributed by atoms with van der Waals surface area (Å²) in [6, 6.07) is 4.89. The molecule has 1 aliphatic rings. The standard InChI is InChI=1S/C27H33N5O7S/c1-16(2)14-20(30-27(35)25-18(4)24-22(39-25)8-7-12-28-24)26(34)29-19-11-10-17(3)32(15-21(19)33)40(37,38)23-9-5-6-13-31(23)36/h5-9,12-13,16-17,19-20H,10-11,14-15H2,1-4H3,(H,29,34)(H,30,35). The molecule has 214 valence electrons. The molecular formula is C27H33N5O7S. The van der Waals surface area contributed by atoms with E-state index in [2.05, 4.69) is 15.6 Å². The largest absolute Gasteiger partial charge is 0.618 e. The molecule has 3 atom stereocenters. The Bertz CT molecular complexity index is 1540. The molecule has 12 nitrogen and oxygen atoms in total. The van der Waals surface area contributed by atoms with Crippen LogP contribution in [0.15, 0.2) is 52.2 Å². The number of rotatable bonds is 8. The van der Waals surface area contributed by atoms with Crippen LogP contribution in [-0.2, 0) is 19.6 Å². The predicted molar refractivity (Wildman–Crippen MR) is 144 cm³/mol. The van der Waals surface area contributed by atoms with E-state index in [1.807, 2.05) is 13.8 Å². The highest BCUT2D eigenvalue weighted by atomic mass is 32.2. The maximum Gasteiger partial charge on any atom is 0.323 e. The van der Waals surface area contributed by atoms with E-state index in [0.29, 0.717) is 23.1 Å². The summed E-state index contributed by atoms with van der Waals surface area (Å²) in [5, 5.41) is 17.1. The number of carbonyl (C=O) groups excluding carboxylic acids is 3. The van der Waals surface area contributed by atoms with E-state index in [1.165, 1.54) is 18.2 Å². The van der Waals surface area contributed by atoms with Gasteiger partial charge in [0.2, 0.25) is 5.91 Å². The molecule has 3 aromatic heterocycles. The molecule has 4 rings (SSSR count). The Hall–Kier alpha value is -3.84. The zero-order valence-electron chi connectivity index (χ0n) is 22.8. The lowest BCUT2D eigenvalue weighted by Crippen LogP contribution is -2.53. The summed E-state index contributed by atoms with van der Waals surface area (Å²) >= 11 is 0. The van der Waals surface area contributed by atoms with Gasteiger partial charge in [-0.15, -0.1) is 0 Å². The number of ketones is 1. The molecule has 13 heteroatoms. The number of furan rings is 1. The van der Waals surface area contributed by atoms with Gasteiger partial charge in [-0.05, 0) is 57.2 Å². The van der Waals surface area contributed by atoms with Gasteiger partial charge >= 0.3 is 15.0 Å². The normalized spacial score (nSPS) is 19.4. The van der Waals surface area contributed by atoms with Gasteiger partial charge in [-0.2, -0.15) is 9.04 Å². The molecule has 0 spiro atoms. The van der Waals surface area contributed by atoms with Gasteiger partial charge in [0.1, 0.15) is 11.6 Å². The Morgan fingerprint density at radius 2 is 1.98 bits per heavy atom. The molecule has 1 saturated heterocycles. The third-order valence-corrected chi connectivity index (χ3v) is 8.91. The van der Waals surface area contributed by atoms with Crippen LogP contribution in [-0.4, -0.2) is 60.0 Å². The van der Waals surface area contributed by atoms with Crippen LogP contribution in [0, 0.1) is 18.0 Å². The number of hydrogen-bond acceptors (Lipinski definition) is 8. The van der Waals surface area contributed by atoms with Gasteiger partial charge < -0.3 is 20.3 Å². The molecule has 0 aromatic carbocycles. The predicted octanol–water partition coefficient (Wildman–Crippen LogP) is 1.84. The first-order chi connectivity index (χ1) is 18.9. The lowest BCUT2D eigenvalue weighted by molar-refractivity contribution is -0.646. The van der Waals surface area contributed by atoms with Crippen molar-refractivity contribution in [2.75, 3.05) is 6.54 Å². The van der Waals surface area contributed by atoms with Crippen molar-refractivity contribution >= 4 is 38.7 Å². The van der Waals surface area contributed by atoms with Crippen molar-refractivity contribution < 1.29 is 31.9 Å². The van der Waals surface area contributed by atoms with Crippen LogP contribution >= 0.6 is 0 Å². The molecule has 2 N–H and O–H groups in total. The minimum Gasteiger partial charge on any atom is -0.618 e. The quantitative estimate of drug-likeness (QED) is 0.305. The van der Waals surface area contributed by atoms with Gasteiger partial charge in [-0.3, -0.25) is 19.4 Å². The van der Waals surface area contributed by atoms with Crippen molar-refractivity contribution in [2.24, 2.45) is 5.92 Å². The maximum atomic E-state index is 13.4. The molecule has 3 unspecified atom stereocenters. The van der Waals surface area contributed by atoms with Crippen LogP contribution in [0.2, 0.25) is 0 Å². The van der Waals surface area contributed by atoms with Crippen LogP contribution < -0.4 is 15.4 Å². The van der Waals surface area contributed by atoms with Gasteiger partial charge in [0, 0.05) is 29.9 Å². The Balaban J connectivity index is 1.50. The number of nitrogens with one attached hydrogen (secondary N) is 2. The van der Waals surface area contributed by atoms with Crippen molar-refractivity contribution in [3.8, 4) is 0 Å². The van der Waals surface area contributed by atoms with Crippen molar-refractivity contribution in [2.45, 2.75) is 70.1 Å². The highest BCUT2D eigenvalue weighted by Crippen LogP contribution is 2.24. The van der Waals surface area contributed by atoms with Crippen molar-refractivity contribution in [1.29, 1.82) is 0 Å². The van der Waals surface area contributed by atoms with Gasteiger partial charge in [0.25, 0.3) is 5.91 Å². The maximum absolute atomic E-state index is 13.4. The fraction of sp³-hybridized carbons (Fsp3) is 0.444. The smallest absolute Gasteiger partial charge is 0.323 e. The number of aryl methyl sites for hydroxylation is 1. The number of aromatic nitrogens is 2. The van der Waals surface area contributed by atoms with E-state index in [-0.39, 0.29) is 29.3 Å². The Kier molecular flexibility index (Phi) is 8.54. The minimum atomic E-state index is -4.27. The minimum absolute atomic E-state index is 0.0321. The monoisotopic (exact) mass is 571 g/mol. The Labute approximate surface area is 232 Å². The number of nitrogens with zero attached hydrogens (tertiary/aromatic N) is 3. The zero-order chi connectivity index (χ0) is 29.2. The second kappa shape index (κ2) is 11.7.